The number of aromatic amines is 1. The molecule has 0 amide bonds. The topological polar surface area (TPSA) is 80.7 Å². The Hall–Kier alpha value is -2.40. The van der Waals surface area contributed by atoms with Gasteiger partial charge in [0.1, 0.15) is 0 Å². The van der Waals surface area contributed by atoms with Crippen LogP contribution in [-0.4, -0.2) is 15.1 Å². The third-order valence-corrected chi connectivity index (χ3v) is 3.39. The second-order valence-corrected chi connectivity index (χ2v) is 4.77. The molecule has 3 rings (SSSR count). The zero-order valence-electron chi connectivity index (χ0n) is 11.2. The molecule has 5 heteroatoms. The Bertz CT molecular complexity index is 660. The van der Waals surface area contributed by atoms with Crippen LogP contribution in [0, 0.1) is 0 Å². The molecule has 0 aliphatic carbocycles. The Morgan fingerprint density at radius 3 is 2.65 bits per heavy atom. The number of H-pyrrole nitrogens is 1. The molecular formula is C15H16N4O. The van der Waals surface area contributed by atoms with E-state index in [1.807, 2.05) is 55.6 Å². The van der Waals surface area contributed by atoms with Crippen molar-refractivity contribution in [2.45, 2.75) is 18.9 Å². The first-order chi connectivity index (χ1) is 9.75. The highest BCUT2D eigenvalue weighted by atomic mass is 16.5. The minimum absolute atomic E-state index is 0.0476. The smallest absolute Gasteiger partial charge is 0.231 e. The third kappa shape index (κ3) is 2.35. The summed E-state index contributed by atoms with van der Waals surface area (Å²) in [5, 5.41) is 3.98. The maximum atomic E-state index is 6.26. The standard InChI is InChI=1S/C15H16N4O/c1-10(13(16)11-6-3-2-4-7-11)15-18-14(19-20-15)12-8-5-9-17-12/h2-10,13,17H,16H2,1H3. The van der Waals surface area contributed by atoms with Gasteiger partial charge in [-0.1, -0.05) is 42.4 Å². The molecule has 0 spiro atoms. The number of nitrogens with two attached hydrogens (primary N) is 1. The Morgan fingerprint density at radius 2 is 1.95 bits per heavy atom. The Labute approximate surface area is 116 Å². The second-order valence-electron chi connectivity index (χ2n) is 4.77. The van der Waals surface area contributed by atoms with Crippen molar-refractivity contribution >= 4 is 0 Å². The number of hydrogen-bond acceptors (Lipinski definition) is 4. The molecule has 0 aliphatic rings. The summed E-state index contributed by atoms with van der Waals surface area (Å²) in [6, 6.07) is 13.5. The van der Waals surface area contributed by atoms with Crippen LogP contribution in [0.4, 0.5) is 0 Å². The predicted octanol–water partition coefficient (Wildman–Crippen LogP) is 2.87. The summed E-state index contributed by atoms with van der Waals surface area (Å²) in [5.41, 5.74) is 8.15. The molecule has 2 unspecified atom stereocenters. The van der Waals surface area contributed by atoms with Crippen LogP contribution in [0.1, 0.15) is 30.3 Å². The molecule has 0 fully saturated rings. The van der Waals surface area contributed by atoms with Gasteiger partial charge in [0, 0.05) is 12.2 Å². The van der Waals surface area contributed by atoms with Crippen LogP contribution in [0.2, 0.25) is 0 Å². The van der Waals surface area contributed by atoms with Crippen LogP contribution >= 0.6 is 0 Å². The molecule has 0 aliphatic heterocycles. The zero-order chi connectivity index (χ0) is 13.9. The average molecular weight is 268 g/mol. The van der Waals surface area contributed by atoms with Crippen molar-refractivity contribution in [1.29, 1.82) is 0 Å². The molecular weight excluding hydrogens is 252 g/mol. The molecule has 0 saturated carbocycles. The van der Waals surface area contributed by atoms with Gasteiger partial charge in [0.2, 0.25) is 11.7 Å². The van der Waals surface area contributed by atoms with E-state index in [1.54, 1.807) is 0 Å². The van der Waals surface area contributed by atoms with Gasteiger partial charge in [-0.3, -0.25) is 0 Å². The van der Waals surface area contributed by atoms with Crippen LogP contribution in [0.25, 0.3) is 11.5 Å². The van der Waals surface area contributed by atoms with E-state index in [4.69, 9.17) is 10.3 Å². The van der Waals surface area contributed by atoms with Crippen LogP contribution in [-0.2, 0) is 0 Å². The first-order valence-electron chi connectivity index (χ1n) is 6.53. The molecule has 0 radical (unpaired) electrons. The van der Waals surface area contributed by atoms with E-state index in [0.717, 1.165) is 11.3 Å². The van der Waals surface area contributed by atoms with Crippen LogP contribution in [0.5, 0.6) is 0 Å². The average Bonchev–Trinajstić information content (AvgIpc) is 3.17. The number of rotatable bonds is 4. The van der Waals surface area contributed by atoms with Gasteiger partial charge >= 0.3 is 0 Å². The van der Waals surface area contributed by atoms with Gasteiger partial charge < -0.3 is 15.2 Å². The maximum Gasteiger partial charge on any atom is 0.231 e. The van der Waals surface area contributed by atoms with Crippen LogP contribution in [0.15, 0.2) is 53.2 Å². The number of nitrogens with one attached hydrogen (secondary N) is 1. The summed E-state index contributed by atoms with van der Waals surface area (Å²) in [6.07, 6.45) is 1.82. The molecule has 3 N–H and O–H groups in total. The summed E-state index contributed by atoms with van der Waals surface area (Å²) in [6.45, 7) is 1.99. The molecule has 0 saturated heterocycles. The van der Waals surface area contributed by atoms with E-state index >= 15 is 0 Å². The fraction of sp³-hybridized carbons (Fsp3) is 0.200. The number of hydrogen-bond donors (Lipinski definition) is 2. The second kappa shape index (κ2) is 5.30. The number of aromatic nitrogens is 3. The van der Waals surface area contributed by atoms with Crippen molar-refractivity contribution in [2.75, 3.05) is 0 Å². The lowest BCUT2D eigenvalue weighted by Gasteiger charge is -2.16. The van der Waals surface area contributed by atoms with E-state index in [0.29, 0.717) is 11.7 Å². The summed E-state index contributed by atoms with van der Waals surface area (Å²) in [4.78, 5) is 7.46. The van der Waals surface area contributed by atoms with Crippen LogP contribution < -0.4 is 5.73 Å². The van der Waals surface area contributed by atoms with Gasteiger partial charge in [-0.25, -0.2) is 0 Å². The summed E-state index contributed by atoms with van der Waals surface area (Å²) < 4.78 is 5.33. The molecule has 2 atom stereocenters. The molecule has 102 valence electrons. The van der Waals surface area contributed by atoms with Crippen molar-refractivity contribution in [2.24, 2.45) is 5.73 Å². The largest absolute Gasteiger partial charge is 0.359 e. The third-order valence-electron chi connectivity index (χ3n) is 3.39. The quantitative estimate of drug-likeness (QED) is 0.762. The SMILES string of the molecule is CC(c1nc(-c2ccc[nH]2)no1)C(N)c1ccccc1. The summed E-state index contributed by atoms with van der Waals surface area (Å²) in [7, 11) is 0. The van der Waals surface area contributed by atoms with E-state index in [1.165, 1.54) is 0 Å². The van der Waals surface area contributed by atoms with Crippen molar-refractivity contribution in [3.8, 4) is 11.5 Å². The Balaban J connectivity index is 1.82. The molecule has 2 heterocycles. The fourth-order valence-corrected chi connectivity index (χ4v) is 2.12. The van der Waals surface area contributed by atoms with Gasteiger partial charge in [-0.15, -0.1) is 0 Å². The van der Waals surface area contributed by atoms with Gasteiger partial charge in [0.25, 0.3) is 0 Å². The molecule has 20 heavy (non-hydrogen) atoms. The Kier molecular flexibility index (Phi) is 3.35. The predicted molar refractivity (Wildman–Crippen MR) is 75.9 cm³/mol. The van der Waals surface area contributed by atoms with Gasteiger partial charge in [0.15, 0.2) is 0 Å². The number of benzene rings is 1. The van der Waals surface area contributed by atoms with Gasteiger partial charge in [-0.2, -0.15) is 4.98 Å². The normalized spacial score (nSPS) is 14.1. The van der Waals surface area contributed by atoms with Crippen molar-refractivity contribution < 1.29 is 4.52 Å². The van der Waals surface area contributed by atoms with Gasteiger partial charge in [-0.05, 0) is 17.7 Å². The van der Waals surface area contributed by atoms with E-state index < -0.39 is 0 Å². The molecule has 5 nitrogen and oxygen atoms in total. The molecule has 2 aromatic heterocycles. The van der Waals surface area contributed by atoms with Crippen LogP contribution in [0.3, 0.4) is 0 Å². The first kappa shape index (κ1) is 12.6. The summed E-state index contributed by atoms with van der Waals surface area (Å²) in [5.74, 6) is 1.05. The lowest BCUT2D eigenvalue weighted by Crippen LogP contribution is -2.17. The first-order valence-corrected chi connectivity index (χ1v) is 6.53. The molecule has 3 aromatic rings. The van der Waals surface area contributed by atoms with Gasteiger partial charge in [0.05, 0.1) is 11.6 Å². The van der Waals surface area contributed by atoms with E-state index in [-0.39, 0.29) is 12.0 Å². The molecule has 1 aromatic carbocycles. The van der Waals surface area contributed by atoms with Crippen molar-refractivity contribution in [1.82, 2.24) is 15.1 Å². The lowest BCUT2D eigenvalue weighted by atomic mass is 9.95. The highest BCUT2D eigenvalue weighted by Crippen LogP contribution is 2.28. The lowest BCUT2D eigenvalue weighted by molar-refractivity contribution is 0.343. The van der Waals surface area contributed by atoms with Crippen molar-refractivity contribution in [3.63, 3.8) is 0 Å². The summed E-state index contributed by atoms with van der Waals surface area (Å²) >= 11 is 0. The Morgan fingerprint density at radius 1 is 1.15 bits per heavy atom. The molecule has 0 bridgehead atoms. The highest BCUT2D eigenvalue weighted by molar-refractivity contribution is 5.47. The maximum absolute atomic E-state index is 6.26. The minimum Gasteiger partial charge on any atom is -0.359 e. The highest BCUT2D eigenvalue weighted by Gasteiger charge is 2.22. The zero-order valence-corrected chi connectivity index (χ0v) is 11.2. The number of nitrogens with zero attached hydrogens (tertiary/aromatic N) is 2. The van der Waals surface area contributed by atoms with Crippen molar-refractivity contribution in [3.05, 3.63) is 60.1 Å². The van der Waals surface area contributed by atoms with E-state index in [2.05, 4.69) is 15.1 Å². The van der Waals surface area contributed by atoms with E-state index in [9.17, 15) is 0 Å². The minimum atomic E-state index is -0.173. The fourth-order valence-electron chi connectivity index (χ4n) is 2.12. The monoisotopic (exact) mass is 268 g/mol.